The zero-order chi connectivity index (χ0) is 22.6. The molecule has 1 fully saturated rings. The number of ether oxygens (including phenoxy) is 2. The molecule has 1 aromatic carbocycles. The Hall–Kier alpha value is -2.25. The third kappa shape index (κ3) is 9.19. The van der Waals surface area contributed by atoms with E-state index in [2.05, 4.69) is 29.7 Å². The summed E-state index contributed by atoms with van der Waals surface area (Å²) in [5.74, 6) is 1.82. The van der Waals surface area contributed by atoms with Crippen LogP contribution in [-0.2, 0) is 11.3 Å². The van der Waals surface area contributed by atoms with Crippen LogP contribution in [0.2, 0.25) is 5.02 Å². The van der Waals surface area contributed by atoms with Gasteiger partial charge in [0.1, 0.15) is 11.9 Å². The first-order valence-corrected chi connectivity index (χ1v) is 11.2. The lowest BCUT2D eigenvalue weighted by molar-refractivity contribution is 0.0575. The maximum Gasteiger partial charge on any atom is 0.413 e. The van der Waals surface area contributed by atoms with Crippen LogP contribution in [0.1, 0.15) is 52.0 Å². The van der Waals surface area contributed by atoms with Crippen molar-refractivity contribution in [3.05, 3.63) is 40.9 Å². The Labute approximate surface area is 189 Å². The number of aliphatic hydroxyl groups excluding tert-OH is 1. The number of amidine groups is 1. The van der Waals surface area contributed by atoms with E-state index in [1.54, 1.807) is 18.2 Å². The lowest BCUT2D eigenvalue weighted by atomic mass is 9.88. The first-order valence-electron chi connectivity index (χ1n) is 10.8. The number of nitrogens with zero attached hydrogens (tertiary/aromatic N) is 1. The molecule has 3 N–H and O–H groups in total. The van der Waals surface area contributed by atoms with Crippen LogP contribution in [0.3, 0.4) is 0 Å². The van der Waals surface area contributed by atoms with Crippen LogP contribution < -0.4 is 15.5 Å². The smallest absolute Gasteiger partial charge is 0.413 e. The summed E-state index contributed by atoms with van der Waals surface area (Å²) in [4.78, 5) is 12.3. The monoisotopic (exact) mass is 451 g/mol. The number of aliphatic hydroxyl groups is 1. The van der Waals surface area contributed by atoms with Crippen molar-refractivity contribution in [1.29, 1.82) is 0 Å². The topological polar surface area (TPSA) is 92.2 Å². The minimum atomic E-state index is -0.533. The first-order chi connectivity index (χ1) is 14.9. The average Bonchev–Trinajstić information content (AvgIpc) is 2.73. The third-order valence-electron chi connectivity index (χ3n) is 4.94. The van der Waals surface area contributed by atoms with Gasteiger partial charge in [0.2, 0.25) is 0 Å². The maximum absolute atomic E-state index is 12.3. The summed E-state index contributed by atoms with van der Waals surface area (Å²) in [6, 6.07) is 5.47. The zero-order valence-corrected chi connectivity index (χ0v) is 19.3. The molecule has 172 valence electrons. The molecule has 1 saturated carbocycles. The highest BCUT2D eigenvalue weighted by Crippen LogP contribution is 2.26. The number of allylic oxidation sites excluding steroid dienone is 1. The number of rotatable bonds is 9. The fourth-order valence-electron chi connectivity index (χ4n) is 3.28. The van der Waals surface area contributed by atoms with Crippen LogP contribution in [0.25, 0.3) is 0 Å². The molecule has 0 radical (unpaired) electrons. The molecule has 0 saturated heterocycles. The molecule has 1 aliphatic rings. The van der Waals surface area contributed by atoms with Crippen molar-refractivity contribution >= 4 is 23.5 Å². The second-order valence-electron chi connectivity index (χ2n) is 8.14. The number of hydrogen-bond acceptors (Lipinski definition) is 6. The molecule has 7 nitrogen and oxygen atoms in total. The second kappa shape index (κ2) is 13.2. The predicted octanol–water partition coefficient (Wildman–Crippen LogP) is 4.63. The Morgan fingerprint density at radius 2 is 2.06 bits per heavy atom. The molecule has 31 heavy (non-hydrogen) atoms. The summed E-state index contributed by atoms with van der Waals surface area (Å²) in [5.41, 5.74) is 3.84. The molecule has 0 aromatic heterocycles. The highest BCUT2D eigenvalue weighted by atomic mass is 35.5. The van der Waals surface area contributed by atoms with Crippen LogP contribution >= 0.6 is 11.6 Å². The SMILES string of the molecule is C/C=C/C(=N\NCc1cc(Cl)ccc1OCC(C)C)NC(=O)OC1CCC(CO)CC1. The van der Waals surface area contributed by atoms with Crippen molar-refractivity contribution in [2.75, 3.05) is 13.2 Å². The highest BCUT2D eigenvalue weighted by molar-refractivity contribution is 6.30. The molecule has 0 atom stereocenters. The minimum absolute atomic E-state index is 0.130. The highest BCUT2D eigenvalue weighted by Gasteiger charge is 2.23. The molecule has 2 rings (SSSR count). The quantitative estimate of drug-likeness (QED) is 0.289. The molecule has 1 aliphatic carbocycles. The van der Waals surface area contributed by atoms with E-state index >= 15 is 0 Å². The molecule has 0 aliphatic heterocycles. The van der Waals surface area contributed by atoms with E-state index in [9.17, 15) is 9.90 Å². The number of halogens is 1. The molecule has 0 heterocycles. The Morgan fingerprint density at radius 1 is 1.32 bits per heavy atom. The predicted molar refractivity (Wildman–Crippen MR) is 123 cm³/mol. The van der Waals surface area contributed by atoms with Gasteiger partial charge in [0.05, 0.1) is 13.2 Å². The number of carbonyl (C=O) groups is 1. The van der Waals surface area contributed by atoms with Gasteiger partial charge >= 0.3 is 6.09 Å². The van der Waals surface area contributed by atoms with Crippen molar-refractivity contribution < 1.29 is 19.4 Å². The maximum atomic E-state index is 12.3. The number of hydrazone groups is 1. The van der Waals surface area contributed by atoms with Crippen molar-refractivity contribution in [3.63, 3.8) is 0 Å². The summed E-state index contributed by atoms with van der Waals surface area (Å²) < 4.78 is 11.4. The Kier molecular flexibility index (Phi) is 10.7. The van der Waals surface area contributed by atoms with Gasteiger partial charge in [-0.15, -0.1) is 0 Å². The Bertz CT molecular complexity index is 759. The van der Waals surface area contributed by atoms with Crippen molar-refractivity contribution in [2.45, 2.75) is 59.1 Å². The summed E-state index contributed by atoms with van der Waals surface area (Å²) in [6.45, 7) is 7.20. The Balaban J connectivity index is 1.91. The van der Waals surface area contributed by atoms with Crippen LogP contribution in [-0.4, -0.2) is 36.4 Å². The summed E-state index contributed by atoms with van der Waals surface area (Å²) in [5, 5.41) is 16.8. The van der Waals surface area contributed by atoms with Gasteiger partial charge in [-0.05, 0) is 68.7 Å². The van der Waals surface area contributed by atoms with Gasteiger partial charge in [0.25, 0.3) is 0 Å². The van der Waals surface area contributed by atoms with Gasteiger partial charge in [-0.2, -0.15) is 5.10 Å². The van der Waals surface area contributed by atoms with E-state index in [0.29, 0.717) is 35.8 Å². The van der Waals surface area contributed by atoms with Gasteiger partial charge in [-0.3, -0.25) is 5.32 Å². The third-order valence-corrected chi connectivity index (χ3v) is 5.18. The van der Waals surface area contributed by atoms with E-state index in [1.165, 1.54) is 0 Å². The molecule has 1 aromatic rings. The summed E-state index contributed by atoms with van der Waals surface area (Å²) in [7, 11) is 0. The lowest BCUT2D eigenvalue weighted by Gasteiger charge is -2.27. The van der Waals surface area contributed by atoms with Crippen molar-refractivity contribution in [1.82, 2.24) is 10.7 Å². The van der Waals surface area contributed by atoms with E-state index < -0.39 is 6.09 Å². The number of amides is 1. The van der Waals surface area contributed by atoms with Gasteiger partial charge in [0, 0.05) is 17.2 Å². The van der Waals surface area contributed by atoms with Gasteiger partial charge in [-0.1, -0.05) is 31.5 Å². The van der Waals surface area contributed by atoms with Gasteiger partial charge in [-0.25, -0.2) is 4.79 Å². The molecule has 8 heteroatoms. The minimum Gasteiger partial charge on any atom is -0.493 e. The van der Waals surface area contributed by atoms with Crippen LogP contribution in [0.15, 0.2) is 35.5 Å². The van der Waals surface area contributed by atoms with Crippen LogP contribution in [0.5, 0.6) is 5.75 Å². The van der Waals surface area contributed by atoms with Crippen molar-refractivity contribution in [2.24, 2.45) is 16.9 Å². The summed E-state index contributed by atoms with van der Waals surface area (Å²) >= 11 is 6.13. The van der Waals surface area contributed by atoms with Crippen LogP contribution in [0.4, 0.5) is 4.79 Å². The first kappa shape index (κ1) is 25.0. The average molecular weight is 452 g/mol. The number of carbonyl (C=O) groups excluding carboxylic acids is 1. The molecular formula is C23H34ClN3O4. The van der Waals surface area contributed by atoms with E-state index in [1.807, 2.05) is 19.1 Å². The lowest BCUT2D eigenvalue weighted by Crippen LogP contribution is -2.35. The number of nitrogens with one attached hydrogen (secondary N) is 2. The second-order valence-corrected chi connectivity index (χ2v) is 8.58. The molecule has 1 amide bonds. The van der Waals surface area contributed by atoms with E-state index in [-0.39, 0.29) is 12.7 Å². The standard InChI is InChI=1S/C23H34ClN3O4/c1-4-5-22(26-23(29)31-20-9-6-17(14-28)7-10-20)27-25-13-18-12-19(24)8-11-21(18)30-15-16(2)3/h4-5,8,11-12,16-17,20,25,28H,6-7,9-10,13-15H2,1-3H3,(H,26,27,29)/b5-4+. The molecule has 0 unspecified atom stereocenters. The zero-order valence-electron chi connectivity index (χ0n) is 18.6. The van der Waals surface area contributed by atoms with Gasteiger partial charge < -0.3 is 20.0 Å². The normalized spacial score (nSPS) is 19.5. The van der Waals surface area contributed by atoms with E-state index in [4.69, 9.17) is 21.1 Å². The molecule has 0 bridgehead atoms. The largest absolute Gasteiger partial charge is 0.493 e. The van der Waals surface area contributed by atoms with E-state index in [0.717, 1.165) is 37.0 Å². The van der Waals surface area contributed by atoms with Crippen molar-refractivity contribution in [3.8, 4) is 5.75 Å². The van der Waals surface area contributed by atoms with Crippen LogP contribution in [0, 0.1) is 11.8 Å². The fraction of sp³-hybridized carbons (Fsp3) is 0.565. The number of alkyl carbamates (subject to hydrolysis) is 1. The number of benzene rings is 1. The van der Waals surface area contributed by atoms with Gasteiger partial charge in [0.15, 0.2) is 5.84 Å². The Morgan fingerprint density at radius 3 is 2.71 bits per heavy atom. The molecule has 0 spiro atoms. The molecular weight excluding hydrogens is 418 g/mol. The summed E-state index contributed by atoms with van der Waals surface area (Å²) in [6.07, 6.45) is 6.07. The fourth-order valence-corrected chi connectivity index (χ4v) is 3.47. The number of hydrogen-bond donors (Lipinski definition) is 3.